The lowest BCUT2D eigenvalue weighted by molar-refractivity contribution is 0.161. The Morgan fingerprint density at radius 3 is 2.79 bits per heavy atom. The van der Waals surface area contributed by atoms with Crippen LogP contribution < -0.4 is 14.8 Å². The van der Waals surface area contributed by atoms with Crippen LogP contribution in [0.5, 0.6) is 17.2 Å². The molecule has 1 fully saturated rings. The molecule has 0 atom stereocenters. The van der Waals surface area contributed by atoms with Crippen molar-refractivity contribution in [3.63, 3.8) is 0 Å². The SMILES string of the molecule is Oc1c(CN2CCNCC2)cc2c(c1F)OCCO2. The monoisotopic (exact) mass is 268 g/mol. The molecular formula is C13H17FN2O3. The maximum absolute atomic E-state index is 14.0. The molecule has 3 rings (SSSR count). The molecular weight excluding hydrogens is 251 g/mol. The summed E-state index contributed by atoms with van der Waals surface area (Å²) in [7, 11) is 0. The van der Waals surface area contributed by atoms with Crippen molar-refractivity contribution in [3.8, 4) is 17.2 Å². The van der Waals surface area contributed by atoms with Gasteiger partial charge >= 0.3 is 0 Å². The molecule has 2 N–H and O–H groups in total. The molecule has 19 heavy (non-hydrogen) atoms. The molecule has 2 aliphatic rings. The quantitative estimate of drug-likeness (QED) is 0.827. The Morgan fingerprint density at radius 1 is 1.26 bits per heavy atom. The molecule has 0 unspecified atom stereocenters. The lowest BCUT2D eigenvalue weighted by atomic mass is 10.1. The molecule has 0 aromatic heterocycles. The first-order valence-electron chi connectivity index (χ1n) is 6.48. The van der Waals surface area contributed by atoms with E-state index in [1.54, 1.807) is 6.07 Å². The van der Waals surface area contributed by atoms with Gasteiger partial charge in [-0.15, -0.1) is 0 Å². The number of nitrogens with zero attached hydrogens (tertiary/aromatic N) is 1. The van der Waals surface area contributed by atoms with Crippen LogP contribution in [-0.2, 0) is 6.54 Å². The average Bonchev–Trinajstić information content (AvgIpc) is 2.46. The summed E-state index contributed by atoms with van der Waals surface area (Å²) >= 11 is 0. The van der Waals surface area contributed by atoms with Gasteiger partial charge in [0.15, 0.2) is 11.5 Å². The zero-order chi connectivity index (χ0) is 13.2. The van der Waals surface area contributed by atoms with E-state index >= 15 is 0 Å². The number of benzene rings is 1. The predicted molar refractivity (Wildman–Crippen MR) is 67.2 cm³/mol. The minimum atomic E-state index is -0.720. The Morgan fingerprint density at radius 2 is 2.00 bits per heavy atom. The van der Waals surface area contributed by atoms with E-state index in [0.29, 0.717) is 31.1 Å². The topological polar surface area (TPSA) is 54.0 Å². The van der Waals surface area contributed by atoms with Crippen LogP contribution in [0, 0.1) is 5.82 Å². The van der Waals surface area contributed by atoms with Crippen LogP contribution in [0.4, 0.5) is 4.39 Å². The molecule has 1 aromatic carbocycles. The minimum Gasteiger partial charge on any atom is -0.504 e. The summed E-state index contributed by atoms with van der Waals surface area (Å²) in [6.45, 7) is 4.82. The number of aromatic hydroxyl groups is 1. The van der Waals surface area contributed by atoms with Gasteiger partial charge in [0.25, 0.3) is 0 Å². The number of hydrogen-bond acceptors (Lipinski definition) is 5. The first-order valence-corrected chi connectivity index (χ1v) is 6.48. The number of phenols is 1. The standard InChI is InChI=1S/C13H17FN2O3/c14-11-12(17)9(8-16-3-1-15-2-4-16)7-10-13(11)19-6-5-18-10/h7,15,17H,1-6,8H2. The molecule has 2 aliphatic heterocycles. The molecule has 0 amide bonds. The van der Waals surface area contributed by atoms with Crippen molar-refractivity contribution in [3.05, 3.63) is 17.4 Å². The summed E-state index contributed by atoms with van der Waals surface area (Å²) in [5.74, 6) is -0.649. The van der Waals surface area contributed by atoms with E-state index in [4.69, 9.17) is 9.47 Å². The van der Waals surface area contributed by atoms with E-state index in [-0.39, 0.29) is 11.5 Å². The Bertz CT molecular complexity index is 475. The van der Waals surface area contributed by atoms with Gasteiger partial charge in [-0.25, -0.2) is 0 Å². The van der Waals surface area contributed by atoms with E-state index in [0.717, 1.165) is 26.2 Å². The largest absolute Gasteiger partial charge is 0.504 e. The van der Waals surface area contributed by atoms with Gasteiger partial charge in [0.2, 0.25) is 11.6 Å². The van der Waals surface area contributed by atoms with Crippen LogP contribution in [0.2, 0.25) is 0 Å². The van der Waals surface area contributed by atoms with Crippen LogP contribution >= 0.6 is 0 Å². The molecule has 1 saturated heterocycles. The third kappa shape index (κ3) is 2.46. The second-order valence-electron chi connectivity index (χ2n) is 4.75. The Labute approximate surface area is 110 Å². The van der Waals surface area contributed by atoms with Gasteiger partial charge < -0.3 is 19.9 Å². The molecule has 0 bridgehead atoms. The third-order valence-corrected chi connectivity index (χ3v) is 3.43. The highest BCUT2D eigenvalue weighted by molar-refractivity contribution is 5.52. The summed E-state index contributed by atoms with van der Waals surface area (Å²) in [5.41, 5.74) is 0.545. The van der Waals surface area contributed by atoms with Crippen LogP contribution in [-0.4, -0.2) is 49.4 Å². The van der Waals surface area contributed by atoms with E-state index in [1.807, 2.05) is 0 Å². The van der Waals surface area contributed by atoms with Crippen LogP contribution in [0.3, 0.4) is 0 Å². The van der Waals surface area contributed by atoms with Crippen molar-refractivity contribution < 1.29 is 19.0 Å². The average molecular weight is 268 g/mol. The highest BCUT2D eigenvalue weighted by atomic mass is 19.1. The second-order valence-corrected chi connectivity index (χ2v) is 4.75. The van der Waals surface area contributed by atoms with Crippen LogP contribution in [0.1, 0.15) is 5.56 Å². The highest BCUT2D eigenvalue weighted by Crippen LogP contribution is 2.40. The molecule has 6 heteroatoms. The van der Waals surface area contributed by atoms with Gasteiger partial charge in [-0.2, -0.15) is 4.39 Å². The van der Waals surface area contributed by atoms with E-state index in [2.05, 4.69) is 10.2 Å². The lowest BCUT2D eigenvalue weighted by Crippen LogP contribution is -2.42. The Hall–Kier alpha value is -1.53. The van der Waals surface area contributed by atoms with Gasteiger partial charge in [-0.05, 0) is 6.07 Å². The lowest BCUT2D eigenvalue weighted by Gasteiger charge is -2.28. The molecule has 0 radical (unpaired) electrons. The van der Waals surface area contributed by atoms with Crippen molar-refractivity contribution >= 4 is 0 Å². The van der Waals surface area contributed by atoms with Gasteiger partial charge in [0.1, 0.15) is 13.2 Å². The molecule has 5 nitrogen and oxygen atoms in total. The summed E-state index contributed by atoms with van der Waals surface area (Å²) in [6, 6.07) is 1.68. The zero-order valence-electron chi connectivity index (χ0n) is 10.6. The van der Waals surface area contributed by atoms with Crippen molar-refractivity contribution in [2.75, 3.05) is 39.4 Å². The molecule has 2 heterocycles. The van der Waals surface area contributed by atoms with Gasteiger partial charge in [0.05, 0.1) is 0 Å². The normalized spacial score (nSPS) is 19.4. The first kappa shape index (κ1) is 12.5. The number of piperazine rings is 1. The number of halogens is 1. The van der Waals surface area contributed by atoms with Crippen molar-refractivity contribution in [2.24, 2.45) is 0 Å². The number of nitrogens with one attached hydrogen (secondary N) is 1. The smallest absolute Gasteiger partial charge is 0.210 e. The summed E-state index contributed by atoms with van der Waals surface area (Å²) < 4.78 is 24.6. The van der Waals surface area contributed by atoms with E-state index in [9.17, 15) is 9.50 Å². The first-order chi connectivity index (χ1) is 9.25. The number of ether oxygens (including phenoxy) is 2. The van der Waals surface area contributed by atoms with Crippen molar-refractivity contribution in [1.82, 2.24) is 10.2 Å². The number of phenolic OH excluding ortho intramolecular Hbond substituents is 1. The summed E-state index contributed by atoms with van der Waals surface area (Å²) in [4.78, 5) is 2.17. The predicted octanol–water partition coefficient (Wildman–Crippen LogP) is 0.708. The Balaban J connectivity index is 1.86. The number of fused-ring (bicyclic) bond motifs is 1. The molecule has 0 spiro atoms. The molecule has 1 aromatic rings. The maximum atomic E-state index is 14.0. The third-order valence-electron chi connectivity index (χ3n) is 3.43. The fraction of sp³-hybridized carbons (Fsp3) is 0.538. The highest BCUT2D eigenvalue weighted by Gasteiger charge is 2.24. The van der Waals surface area contributed by atoms with E-state index in [1.165, 1.54) is 0 Å². The van der Waals surface area contributed by atoms with Crippen LogP contribution in [0.25, 0.3) is 0 Å². The molecule has 0 aliphatic carbocycles. The summed E-state index contributed by atoms with van der Waals surface area (Å²) in [6.07, 6.45) is 0. The second kappa shape index (κ2) is 5.22. The van der Waals surface area contributed by atoms with Gasteiger partial charge in [-0.3, -0.25) is 4.90 Å². The van der Waals surface area contributed by atoms with Gasteiger partial charge in [-0.1, -0.05) is 0 Å². The molecule has 0 saturated carbocycles. The zero-order valence-corrected chi connectivity index (χ0v) is 10.6. The summed E-state index contributed by atoms with van der Waals surface area (Å²) in [5, 5.41) is 13.2. The fourth-order valence-corrected chi connectivity index (χ4v) is 2.42. The number of hydrogen-bond donors (Lipinski definition) is 2. The molecule has 104 valence electrons. The van der Waals surface area contributed by atoms with Crippen molar-refractivity contribution in [1.29, 1.82) is 0 Å². The van der Waals surface area contributed by atoms with Gasteiger partial charge in [0, 0.05) is 38.3 Å². The minimum absolute atomic E-state index is 0.0211. The van der Waals surface area contributed by atoms with E-state index < -0.39 is 5.82 Å². The maximum Gasteiger partial charge on any atom is 0.210 e. The Kier molecular flexibility index (Phi) is 3.44. The van der Waals surface area contributed by atoms with Crippen LogP contribution in [0.15, 0.2) is 6.07 Å². The fourth-order valence-electron chi connectivity index (χ4n) is 2.42. The van der Waals surface area contributed by atoms with Crippen molar-refractivity contribution in [2.45, 2.75) is 6.54 Å². The number of rotatable bonds is 2.